The summed E-state index contributed by atoms with van der Waals surface area (Å²) in [4.78, 5) is 30.4. The second-order valence-corrected chi connectivity index (χ2v) is 23.1. The topological polar surface area (TPSA) is 92.8 Å². The third-order valence-electron chi connectivity index (χ3n) is 11.3. The predicted molar refractivity (Wildman–Crippen MR) is 237 cm³/mol. The fraction of sp³-hybridized carbons (Fsp3) is 0.400. The molecule has 3 aromatic heterocycles. The normalized spacial score (nSPS) is 13.4. The van der Waals surface area contributed by atoms with E-state index in [9.17, 15) is 4.79 Å². The fourth-order valence-electron chi connectivity index (χ4n) is 8.25. The Hall–Kier alpha value is -4.55. The lowest BCUT2D eigenvalue weighted by Gasteiger charge is -2.23. The van der Waals surface area contributed by atoms with E-state index in [-0.39, 0.29) is 5.91 Å². The number of amides is 1. The van der Waals surface area contributed by atoms with Gasteiger partial charge in [-0.1, -0.05) is 48.9 Å². The van der Waals surface area contributed by atoms with Crippen molar-refractivity contribution in [2.75, 3.05) is 31.8 Å². The zero-order valence-corrected chi connectivity index (χ0v) is 37.5. The highest BCUT2D eigenvalue weighted by atomic mass is 35.5. The van der Waals surface area contributed by atoms with Crippen molar-refractivity contribution in [2.24, 2.45) is 7.05 Å². The van der Waals surface area contributed by atoms with Crippen molar-refractivity contribution in [3.63, 3.8) is 0 Å². The van der Waals surface area contributed by atoms with E-state index in [4.69, 9.17) is 42.5 Å². The summed E-state index contributed by atoms with van der Waals surface area (Å²) in [5.41, 5.74) is 9.92. The third kappa shape index (κ3) is 7.94. The molecule has 7 rings (SSSR count). The van der Waals surface area contributed by atoms with Crippen molar-refractivity contribution >= 4 is 70.6 Å². The van der Waals surface area contributed by atoms with Crippen LogP contribution in [0.25, 0.3) is 32.9 Å². The van der Waals surface area contributed by atoms with E-state index in [0.717, 1.165) is 77.8 Å². The Kier molecular flexibility index (Phi) is 11.9. The average molecular weight is 843 g/mol. The molecule has 1 aliphatic heterocycles. The number of rotatable bonds is 13. The zero-order chi connectivity index (χ0) is 41.6. The van der Waals surface area contributed by atoms with E-state index in [1.807, 2.05) is 91.5 Å². The Morgan fingerprint density at radius 3 is 2.34 bits per heavy atom. The van der Waals surface area contributed by atoms with E-state index in [2.05, 4.69) is 24.2 Å². The van der Waals surface area contributed by atoms with Gasteiger partial charge >= 0.3 is 5.97 Å². The largest absolute Gasteiger partial charge is 0.494 e. The van der Waals surface area contributed by atoms with Gasteiger partial charge in [0.15, 0.2) is 0 Å². The number of nitrogens with zero attached hydrogens (tertiary/aromatic N) is 5. The molecule has 0 fully saturated rings. The Labute approximate surface area is 351 Å². The van der Waals surface area contributed by atoms with E-state index >= 15 is 4.79 Å². The summed E-state index contributed by atoms with van der Waals surface area (Å²) < 4.78 is 23.7. The number of halogens is 2. The van der Waals surface area contributed by atoms with Gasteiger partial charge in [-0.25, -0.2) is 4.79 Å². The summed E-state index contributed by atoms with van der Waals surface area (Å²) in [6.07, 6.45) is 3.87. The number of aromatic nitrogens is 4. The lowest BCUT2D eigenvalue weighted by atomic mass is 9.98. The van der Waals surface area contributed by atoms with Gasteiger partial charge in [-0.05, 0) is 106 Å². The molecule has 3 aromatic carbocycles. The minimum atomic E-state index is -1.28. The van der Waals surface area contributed by atoms with Crippen LogP contribution in [0, 0.1) is 27.7 Å². The Morgan fingerprint density at radius 2 is 1.67 bits per heavy atom. The second kappa shape index (κ2) is 16.6. The highest BCUT2D eigenvalue weighted by Gasteiger charge is 2.34. The fourth-order valence-corrected chi connectivity index (χ4v) is 9.36. The van der Waals surface area contributed by atoms with Gasteiger partial charge in [0.2, 0.25) is 0 Å². The van der Waals surface area contributed by atoms with Gasteiger partial charge < -0.3 is 28.2 Å². The monoisotopic (exact) mass is 841 g/mol. The van der Waals surface area contributed by atoms with Crippen LogP contribution in [0.1, 0.15) is 61.8 Å². The minimum Gasteiger partial charge on any atom is -0.494 e. The highest BCUT2D eigenvalue weighted by Crippen LogP contribution is 2.44. The number of ether oxygens (including phenoxy) is 3. The molecule has 306 valence electrons. The van der Waals surface area contributed by atoms with Crippen LogP contribution in [0.15, 0.2) is 48.7 Å². The summed E-state index contributed by atoms with van der Waals surface area (Å²) in [5, 5.41) is 7.91. The third-order valence-corrected chi connectivity index (χ3v) is 13.9. The Balaban J connectivity index is 1.34. The first-order chi connectivity index (χ1) is 27.6. The Bertz CT molecular complexity index is 2540. The van der Waals surface area contributed by atoms with E-state index in [1.165, 1.54) is 7.11 Å². The van der Waals surface area contributed by atoms with Gasteiger partial charge in [-0.3, -0.25) is 9.48 Å². The van der Waals surface area contributed by atoms with Crippen molar-refractivity contribution in [1.82, 2.24) is 18.9 Å². The van der Waals surface area contributed by atoms with Crippen LogP contribution < -0.4 is 9.64 Å². The maximum absolute atomic E-state index is 15.4. The van der Waals surface area contributed by atoms with Crippen molar-refractivity contribution in [2.45, 2.75) is 85.9 Å². The summed E-state index contributed by atoms with van der Waals surface area (Å²) in [6.45, 7) is 17.4. The van der Waals surface area contributed by atoms with Gasteiger partial charge in [0.1, 0.15) is 18.2 Å². The van der Waals surface area contributed by atoms with Crippen molar-refractivity contribution in [3.05, 3.63) is 98.0 Å². The summed E-state index contributed by atoms with van der Waals surface area (Å²) in [6, 6.07) is 14.6. The number of hydrogen-bond donors (Lipinski definition) is 0. The maximum Gasteiger partial charge on any atom is 0.337 e. The van der Waals surface area contributed by atoms with E-state index in [0.29, 0.717) is 74.3 Å². The molecule has 1 amide bonds. The van der Waals surface area contributed by atoms with Crippen LogP contribution in [0.4, 0.5) is 5.69 Å². The molecule has 13 heteroatoms. The number of esters is 1. The molecule has 0 N–H and O–H groups in total. The number of aryl methyl sites for hydroxylation is 6. The smallest absolute Gasteiger partial charge is 0.337 e. The van der Waals surface area contributed by atoms with Crippen LogP contribution in [0.5, 0.6) is 5.75 Å². The number of anilines is 1. The molecule has 0 aliphatic carbocycles. The summed E-state index contributed by atoms with van der Waals surface area (Å²) >= 11 is 13.6. The molecule has 0 atom stereocenters. The van der Waals surface area contributed by atoms with Crippen LogP contribution in [-0.2, 0) is 36.2 Å². The van der Waals surface area contributed by atoms with Gasteiger partial charge in [0.05, 0.1) is 46.7 Å². The number of benzene rings is 3. The van der Waals surface area contributed by atoms with Gasteiger partial charge in [0.25, 0.3) is 5.91 Å². The number of carbonyl (C=O) groups is 2. The minimum absolute atomic E-state index is 0.141. The van der Waals surface area contributed by atoms with Gasteiger partial charge in [-0.2, -0.15) is 5.10 Å². The number of fused-ring (bicyclic) bond motifs is 4. The molecule has 0 spiro atoms. The quantitative estimate of drug-likeness (QED) is 0.0653. The molecule has 0 unspecified atom stereocenters. The average Bonchev–Trinajstić information content (AvgIpc) is 3.77. The van der Waals surface area contributed by atoms with Gasteiger partial charge in [0, 0.05) is 73.6 Å². The zero-order valence-electron chi connectivity index (χ0n) is 35.0. The van der Waals surface area contributed by atoms with Crippen LogP contribution in [-0.4, -0.2) is 65.7 Å². The maximum atomic E-state index is 15.4. The first kappa shape index (κ1) is 41.6. The first-order valence-electron chi connectivity index (χ1n) is 19.9. The molecule has 0 radical (unpaired) electrons. The molecule has 10 nitrogen and oxygen atoms in total. The standard InChI is InChI=1S/C45H53Cl2N5O5Si/c1-27-22-32(23-28(2)41(27)47)57-19-10-12-33-34-13-14-36(46)40(39-29(3)48-49(5)30(39)4)42(34)52-17-11-16-51(44(53)43(33)52)38-25-31(45(54)55-6)24-37-35(38)15-18-50(37)26-56-20-21-58(7,8)9/h13-15,18,22-25H,10-12,16-17,19-21,26H2,1-9H3. The number of carbonyl (C=O) groups excluding carboxylic acids is 2. The molecule has 58 heavy (non-hydrogen) atoms. The second-order valence-electron chi connectivity index (χ2n) is 16.7. The van der Waals surface area contributed by atoms with Crippen LogP contribution >= 0.6 is 23.2 Å². The molecule has 4 heterocycles. The van der Waals surface area contributed by atoms with Crippen LogP contribution in [0.2, 0.25) is 35.7 Å². The molecule has 0 saturated heterocycles. The van der Waals surface area contributed by atoms with E-state index in [1.54, 1.807) is 6.07 Å². The summed E-state index contributed by atoms with van der Waals surface area (Å²) in [7, 11) is 2.03. The van der Waals surface area contributed by atoms with Crippen LogP contribution in [0.3, 0.4) is 0 Å². The predicted octanol–water partition coefficient (Wildman–Crippen LogP) is 10.7. The molecule has 0 saturated carbocycles. The molecule has 6 aromatic rings. The van der Waals surface area contributed by atoms with Crippen molar-refractivity contribution in [1.29, 1.82) is 0 Å². The first-order valence-corrected chi connectivity index (χ1v) is 24.4. The molecule has 1 aliphatic rings. The number of hydrogen-bond acceptors (Lipinski definition) is 6. The molecular formula is C45H53Cl2N5O5Si. The molecular weight excluding hydrogens is 790 g/mol. The molecule has 0 bridgehead atoms. The lowest BCUT2D eigenvalue weighted by molar-refractivity contribution is 0.0600. The Morgan fingerprint density at radius 1 is 0.931 bits per heavy atom. The van der Waals surface area contributed by atoms with Crippen molar-refractivity contribution in [3.8, 4) is 16.9 Å². The highest BCUT2D eigenvalue weighted by molar-refractivity contribution is 6.76. The van der Waals surface area contributed by atoms with Crippen molar-refractivity contribution < 1.29 is 23.8 Å². The SMILES string of the molecule is COC(=O)c1cc(N2CCCn3c(c(CCCOc4cc(C)c(Cl)c(C)c4)c4ccc(Cl)c(-c5c(C)nn(C)c5C)c43)C2=O)c2ccn(COCC[Si](C)(C)C)c2c1. The summed E-state index contributed by atoms with van der Waals surface area (Å²) in [5.74, 6) is 0.152. The number of methoxy groups -OCH3 is 1. The lowest BCUT2D eigenvalue weighted by Crippen LogP contribution is -2.32. The van der Waals surface area contributed by atoms with Gasteiger partial charge in [-0.15, -0.1) is 0 Å². The van der Waals surface area contributed by atoms with E-state index < -0.39 is 14.0 Å².